The molecule has 6 heteroatoms. The largest absolute Gasteiger partial charge is 0.493 e. The fourth-order valence-electron chi connectivity index (χ4n) is 2.47. The van der Waals surface area contributed by atoms with Gasteiger partial charge in [0.15, 0.2) is 0 Å². The Kier molecular flexibility index (Phi) is 4.03. The van der Waals surface area contributed by atoms with Crippen LogP contribution in [-0.4, -0.2) is 11.7 Å². The average molecular weight is 420 g/mol. The van der Waals surface area contributed by atoms with E-state index in [1.54, 1.807) is 6.07 Å². The van der Waals surface area contributed by atoms with Crippen LogP contribution < -0.4 is 4.74 Å². The summed E-state index contributed by atoms with van der Waals surface area (Å²) in [7, 11) is 0. The molecule has 1 aliphatic rings. The van der Waals surface area contributed by atoms with Gasteiger partial charge < -0.3 is 9.84 Å². The van der Waals surface area contributed by atoms with E-state index in [1.807, 2.05) is 6.07 Å². The number of benzene rings is 2. The van der Waals surface area contributed by atoms with Gasteiger partial charge in [-0.05, 0) is 29.8 Å². The summed E-state index contributed by atoms with van der Waals surface area (Å²) in [5, 5.41) is 10.4. The molecular formula is C15H10Br2F2O2. The highest BCUT2D eigenvalue weighted by Crippen LogP contribution is 2.40. The van der Waals surface area contributed by atoms with Gasteiger partial charge in [-0.2, -0.15) is 0 Å². The topological polar surface area (TPSA) is 29.5 Å². The Hall–Kier alpha value is -0.980. The van der Waals surface area contributed by atoms with Gasteiger partial charge in [0, 0.05) is 20.9 Å². The third-order valence-electron chi connectivity index (χ3n) is 3.39. The Bertz CT molecular complexity index is 696. The van der Waals surface area contributed by atoms with Crippen LogP contribution in [0.2, 0.25) is 0 Å². The van der Waals surface area contributed by atoms with Gasteiger partial charge in [0.05, 0.1) is 12.2 Å². The zero-order chi connectivity index (χ0) is 15.1. The molecule has 1 aliphatic heterocycles. The number of fused-ring (bicyclic) bond motifs is 1. The van der Waals surface area contributed by atoms with Gasteiger partial charge in [0.2, 0.25) is 0 Å². The highest BCUT2D eigenvalue weighted by Gasteiger charge is 2.27. The van der Waals surface area contributed by atoms with E-state index in [0.29, 0.717) is 24.3 Å². The number of aliphatic hydroxyl groups excluding tert-OH is 1. The number of rotatable bonds is 2. The lowest BCUT2D eigenvalue weighted by Crippen LogP contribution is -2.07. The van der Waals surface area contributed by atoms with Gasteiger partial charge in [-0.1, -0.05) is 31.9 Å². The van der Waals surface area contributed by atoms with Crippen molar-refractivity contribution in [2.45, 2.75) is 12.5 Å². The van der Waals surface area contributed by atoms with Crippen molar-refractivity contribution in [1.82, 2.24) is 0 Å². The van der Waals surface area contributed by atoms with E-state index < -0.39 is 17.7 Å². The zero-order valence-electron chi connectivity index (χ0n) is 10.7. The van der Waals surface area contributed by atoms with Crippen LogP contribution in [0.3, 0.4) is 0 Å². The van der Waals surface area contributed by atoms with Crippen molar-refractivity contribution in [3.63, 3.8) is 0 Å². The number of halogens is 4. The smallest absolute Gasteiger partial charge is 0.133 e. The van der Waals surface area contributed by atoms with Gasteiger partial charge in [0.1, 0.15) is 23.5 Å². The Morgan fingerprint density at radius 1 is 1.05 bits per heavy atom. The molecule has 2 nitrogen and oxygen atoms in total. The molecule has 0 radical (unpaired) electrons. The average Bonchev–Trinajstić information content (AvgIpc) is 2.84. The van der Waals surface area contributed by atoms with Crippen molar-refractivity contribution in [2.75, 3.05) is 6.61 Å². The van der Waals surface area contributed by atoms with Crippen molar-refractivity contribution in [3.8, 4) is 5.75 Å². The summed E-state index contributed by atoms with van der Waals surface area (Å²) < 4.78 is 34.5. The highest BCUT2D eigenvalue weighted by molar-refractivity contribution is 9.10. The molecule has 0 saturated carbocycles. The molecule has 2 aromatic rings. The summed E-state index contributed by atoms with van der Waals surface area (Å²) in [6, 6.07) is 5.75. The normalized spacial score (nSPS) is 14.7. The number of hydrogen-bond donors (Lipinski definition) is 1. The Labute approximate surface area is 137 Å². The number of hydrogen-bond acceptors (Lipinski definition) is 2. The maximum absolute atomic E-state index is 14.0. The van der Waals surface area contributed by atoms with Crippen molar-refractivity contribution < 1.29 is 18.6 Å². The fraction of sp³-hybridized carbons (Fsp3) is 0.200. The van der Waals surface area contributed by atoms with Crippen molar-refractivity contribution in [3.05, 3.63) is 61.5 Å². The second-order valence-electron chi connectivity index (χ2n) is 4.77. The van der Waals surface area contributed by atoms with Gasteiger partial charge in [0.25, 0.3) is 0 Å². The standard InChI is InChI=1S/C15H10Br2F2O2/c16-8-3-7-1-2-21-15(7)10(4-8)14(20)13-11(18)5-9(17)6-12(13)19/h3-6,14,20H,1-2H2. The third-order valence-corrected chi connectivity index (χ3v) is 4.30. The lowest BCUT2D eigenvalue weighted by Gasteiger charge is -2.17. The molecule has 1 unspecified atom stereocenters. The third kappa shape index (κ3) is 2.72. The van der Waals surface area contributed by atoms with Crippen LogP contribution in [0.5, 0.6) is 5.75 Å². The van der Waals surface area contributed by atoms with Crippen molar-refractivity contribution in [1.29, 1.82) is 0 Å². The van der Waals surface area contributed by atoms with Crippen LogP contribution in [0.15, 0.2) is 33.2 Å². The summed E-state index contributed by atoms with van der Waals surface area (Å²) >= 11 is 6.36. The summed E-state index contributed by atoms with van der Waals surface area (Å²) in [5.74, 6) is -1.10. The van der Waals surface area contributed by atoms with Gasteiger partial charge >= 0.3 is 0 Å². The molecule has 2 aromatic carbocycles. The van der Waals surface area contributed by atoms with Crippen molar-refractivity contribution in [2.24, 2.45) is 0 Å². The maximum atomic E-state index is 14.0. The molecule has 1 atom stereocenters. The lowest BCUT2D eigenvalue weighted by molar-refractivity contribution is 0.203. The molecule has 0 fully saturated rings. The van der Waals surface area contributed by atoms with Crippen LogP contribution in [0, 0.1) is 11.6 Å². The number of ether oxygens (including phenoxy) is 1. The van der Waals surface area contributed by atoms with E-state index in [9.17, 15) is 13.9 Å². The summed E-state index contributed by atoms with van der Waals surface area (Å²) in [4.78, 5) is 0. The van der Waals surface area contributed by atoms with Crippen LogP contribution in [0.1, 0.15) is 22.8 Å². The first kappa shape index (κ1) is 14.9. The van der Waals surface area contributed by atoms with Gasteiger partial charge in [-0.15, -0.1) is 0 Å². The summed E-state index contributed by atoms with van der Waals surface area (Å²) in [6.45, 7) is 0.497. The SMILES string of the molecule is OC(c1cc(Br)cc2c1OCC2)c1c(F)cc(Br)cc1F. The predicted molar refractivity (Wildman–Crippen MR) is 81.5 cm³/mol. The molecule has 0 saturated heterocycles. The van der Waals surface area contributed by atoms with Crippen molar-refractivity contribution >= 4 is 31.9 Å². The first-order valence-corrected chi connectivity index (χ1v) is 7.83. The molecule has 0 aromatic heterocycles. The maximum Gasteiger partial charge on any atom is 0.133 e. The molecule has 21 heavy (non-hydrogen) atoms. The van der Waals surface area contributed by atoms with Crippen LogP contribution in [-0.2, 0) is 6.42 Å². The minimum atomic E-state index is -1.43. The minimum Gasteiger partial charge on any atom is -0.493 e. The van der Waals surface area contributed by atoms with Gasteiger partial charge in [-0.25, -0.2) is 8.78 Å². The van der Waals surface area contributed by atoms with E-state index in [4.69, 9.17) is 4.74 Å². The van der Waals surface area contributed by atoms with E-state index in [2.05, 4.69) is 31.9 Å². The molecule has 0 bridgehead atoms. The predicted octanol–water partition coefficient (Wildman–Crippen LogP) is 4.51. The first-order chi connectivity index (χ1) is 9.97. The van der Waals surface area contributed by atoms with E-state index in [1.165, 1.54) is 0 Å². The second kappa shape index (κ2) is 5.66. The highest BCUT2D eigenvalue weighted by atomic mass is 79.9. The quantitative estimate of drug-likeness (QED) is 0.776. The second-order valence-corrected chi connectivity index (χ2v) is 6.60. The van der Waals surface area contributed by atoms with E-state index in [0.717, 1.165) is 22.2 Å². The van der Waals surface area contributed by atoms with E-state index >= 15 is 0 Å². The van der Waals surface area contributed by atoms with E-state index in [-0.39, 0.29) is 10.0 Å². The van der Waals surface area contributed by atoms with Gasteiger partial charge in [-0.3, -0.25) is 0 Å². The summed E-state index contributed by atoms with van der Waals surface area (Å²) in [6.07, 6.45) is -0.720. The van der Waals surface area contributed by atoms with Crippen LogP contribution >= 0.6 is 31.9 Å². The fourth-order valence-corrected chi connectivity index (χ4v) is 3.40. The zero-order valence-corrected chi connectivity index (χ0v) is 13.8. The lowest BCUT2D eigenvalue weighted by atomic mass is 9.97. The summed E-state index contributed by atoms with van der Waals surface area (Å²) in [5.41, 5.74) is 0.891. The first-order valence-electron chi connectivity index (χ1n) is 6.25. The molecule has 110 valence electrons. The van der Waals surface area contributed by atoms with Crippen LogP contribution in [0.25, 0.3) is 0 Å². The molecule has 0 amide bonds. The molecule has 0 aliphatic carbocycles. The monoisotopic (exact) mass is 418 g/mol. The molecule has 1 N–H and O–H groups in total. The van der Waals surface area contributed by atoms with Crippen LogP contribution in [0.4, 0.5) is 8.78 Å². The molecule has 0 spiro atoms. The Morgan fingerprint density at radius 2 is 1.67 bits per heavy atom. The Balaban J connectivity index is 2.14. The molecule has 1 heterocycles. The number of aliphatic hydroxyl groups is 1. The minimum absolute atomic E-state index is 0.282. The Morgan fingerprint density at radius 3 is 2.33 bits per heavy atom. The molecule has 3 rings (SSSR count). The molecular weight excluding hydrogens is 410 g/mol.